The van der Waals surface area contributed by atoms with Gasteiger partial charge >= 0.3 is 0 Å². The van der Waals surface area contributed by atoms with Gasteiger partial charge in [-0.05, 0) is 19.4 Å². The Balaban J connectivity index is 2.04. The molecule has 0 spiro atoms. The molecule has 4 heteroatoms. The van der Waals surface area contributed by atoms with Gasteiger partial charge in [-0.1, -0.05) is 25.1 Å². The van der Waals surface area contributed by atoms with E-state index in [9.17, 15) is 4.39 Å². The predicted octanol–water partition coefficient (Wildman–Crippen LogP) is 3.83. The summed E-state index contributed by atoms with van der Waals surface area (Å²) < 4.78 is 13.7. The van der Waals surface area contributed by atoms with Crippen LogP contribution in [0.2, 0.25) is 0 Å². The van der Waals surface area contributed by atoms with Gasteiger partial charge in [-0.15, -0.1) is 11.3 Å². The van der Waals surface area contributed by atoms with Crippen molar-refractivity contribution in [3.8, 4) is 0 Å². The number of halogens is 1. The summed E-state index contributed by atoms with van der Waals surface area (Å²) in [5.74, 6) is -0.146. The fourth-order valence-electron chi connectivity index (χ4n) is 1.93. The number of nitrogens with one attached hydrogen (secondary N) is 1. The van der Waals surface area contributed by atoms with Crippen molar-refractivity contribution in [3.05, 3.63) is 51.7 Å². The molecule has 1 atom stereocenters. The number of rotatable bonds is 5. The van der Waals surface area contributed by atoms with Crippen molar-refractivity contribution in [3.63, 3.8) is 0 Å². The van der Waals surface area contributed by atoms with Crippen LogP contribution in [0.25, 0.3) is 0 Å². The first kappa shape index (κ1) is 13.2. The highest BCUT2D eigenvalue weighted by Gasteiger charge is 2.13. The quantitative estimate of drug-likeness (QED) is 0.887. The predicted molar refractivity (Wildman–Crippen MR) is 73.1 cm³/mol. The van der Waals surface area contributed by atoms with Gasteiger partial charge in [0.05, 0.1) is 0 Å². The molecule has 0 aliphatic rings. The highest BCUT2D eigenvalue weighted by Crippen LogP contribution is 2.20. The zero-order valence-electron chi connectivity index (χ0n) is 10.6. The van der Waals surface area contributed by atoms with Gasteiger partial charge in [0.2, 0.25) is 0 Å². The molecule has 1 heterocycles. The second-order valence-electron chi connectivity index (χ2n) is 4.25. The van der Waals surface area contributed by atoms with Crippen LogP contribution in [-0.4, -0.2) is 4.98 Å². The summed E-state index contributed by atoms with van der Waals surface area (Å²) in [5, 5.41) is 6.44. The molecule has 0 bridgehead atoms. The lowest BCUT2D eigenvalue weighted by atomic mass is 10.0. The maximum Gasteiger partial charge on any atom is 0.127 e. The maximum atomic E-state index is 13.7. The second-order valence-corrected chi connectivity index (χ2v) is 5.19. The van der Waals surface area contributed by atoms with Gasteiger partial charge in [0.1, 0.15) is 10.8 Å². The molecule has 0 saturated carbocycles. The Bertz CT molecular complexity index is 510. The van der Waals surface area contributed by atoms with Crippen LogP contribution in [0.4, 0.5) is 4.39 Å². The van der Waals surface area contributed by atoms with Crippen LogP contribution in [0.15, 0.2) is 29.6 Å². The van der Waals surface area contributed by atoms with Crippen LogP contribution in [0.3, 0.4) is 0 Å². The van der Waals surface area contributed by atoms with Crippen LogP contribution in [-0.2, 0) is 6.54 Å². The van der Waals surface area contributed by atoms with Gasteiger partial charge in [-0.2, -0.15) is 0 Å². The van der Waals surface area contributed by atoms with Gasteiger partial charge in [0, 0.05) is 29.2 Å². The molecule has 0 saturated heterocycles. The van der Waals surface area contributed by atoms with Crippen molar-refractivity contribution >= 4 is 11.3 Å². The molecule has 2 nitrogen and oxygen atoms in total. The highest BCUT2D eigenvalue weighted by atomic mass is 32.1. The molecule has 0 radical (unpaired) electrons. The van der Waals surface area contributed by atoms with Crippen LogP contribution < -0.4 is 5.32 Å². The maximum absolute atomic E-state index is 13.7. The Labute approximate surface area is 111 Å². The summed E-state index contributed by atoms with van der Waals surface area (Å²) in [6, 6.07) is 6.97. The number of thiazole rings is 1. The van der Waals surface area contributed by atoms with Crippen molar-refractivity contribution in [2.45, 2.75) is 32.9 Å². The lowest BCUT2D eigenvalue weighted by molar-refractivity contribution is 0.487. The highest BCUT2D eigenvalue weighted by molar-refractivity contribution is 7.09. The number of aryl methyl sites for hydroxylation is 1. The zero-order valence-corrected chi connectivity index (χ0v) is 11.4. The molecule has 96 valence electrons. The first-order valence-corrected chi connectivity index (χ1v) is 6.97. The molecule has 1 unspecified atom stereocenters. The molecule has 2 rings (SSSR count). The SMILES string of the molecule is CCC(NCc1nc(C)cs1)c1ccccc1F. The molecule has 2 aromatic rings. The number of hydrogen-bond acceptors (Lipinski definition) is 3. The van der Waals surface area contributed by atoms with Crippen molar-refractivity contribution in [2.75, 3.05) is 0 Å². The Kier molecular flexibility index (Phi) is 4.44. The van der Waals surface area contributed by atoms with E-state index in [0.29, 0.717) is 6.54 Å². The summed E-state index contributed by atoms with van der Waals surface area (Å²) in [4.78, 5) is 4.40. The number of benzene rings is 1. The van der Waals surface area contributed by atoms with Gasteiger partial charge < -0.3 is 5.32 Å². The average molecular weight is 264 g/mol. The van der Waals surface area contributed by atoms with Crippen LogP contribution in [0.1, 0.15) is 35.7 Å². The van der Waals surface area contributed by atoms with E-state index in [1.54, 1.807) is 17.4 Å². The van der Waals surface area contributed by atoms with Crippen molar-refractivity contribution in [1.82, 2.24) is 10.3 Å². The summed E-state index contributed by atoms with van der Waals surface area (Å²) in [6.07, 6.45) is 0.852. The summed E-state index contributed by atoms with van der Waals surface area (Å²) in [6.45, 7) is 4.72. The normalized spacial score (nSPS) is 12.6. The average Bonchev–Trinajstić information content (AvgIpc) is 2.78. The fourth-order valence-corrected chi connectivity index (χ4v) is 2.65. The third-order valence-electron chi connectivity index (χ3n) is 2.86. The first-order valence-electron chi connectivity index (χ1n) is 6.09. The van der Waals surface area contributed by atoms with Gasteiger partial charge in [-0.3, -0.25) is 0 Å². The van der Waals surface area contributed by atoms with Gasteiger partial charge in [0.15, 0.2) is 0 Å². The number of aromatic nitrogens is 1. The number of hydrogen-bond donors (Lipinski definition) is 1. The lowest BCUT2D eigenvalue weighted by Crippen LogP contribution is -2.21. The van der Waals surface area contributed by atoms with Gasteiger partial charge in [-0.25, -0.2) is 9.37 Å². The molecule has 1 aromatic heterocycles. The van der Waals surface area contributed by atoms with E-state index in [1.807, 2.05) is 24.4 Å². The van der Waals surface area contributed by atoms with E-state index in [2.05, 4.69) is 17.2 Å². The third kappa shape index (κ3) is 3.15. The summed E-state index contributed by atoms with van der Waals surface area (Å²) >= 11 is 1.63. The van der Waals surface area contributed by atoms with Crippen LogP contribution in [0, 0.1) is 12.7 Å². The Morgan fingerprint density at radius 2 is 2.17 bits per heavy atom. The molecule has 0 aliphatic heterocycles. The molecule has 1 N–H and O–H groups in total. The molecule has 0 aliphatic carbocycles. The van der Waals surface area contributed by atoms with Gasteiger partial charge in [0.25, 0.3) is 0 Å². The van der Waals surface area contributed by atoms with E-state index in [-0.39, 0.29) is 11.9 Å². The lowest BCUT2D eigenvalue weighted by Gasteiger charge is -2.17. The summed E-state index contributed by atoms with van der Waals surface area (Å²) in [7, 11) is 0. The Hall–Kier alpha value is -1.26. The fraction of sp³-hybridized carbons (Fsp3) is 0.357. The van der Waals surface area contributed by atoms with E-state index in [0.717, 1.165) is 22.7 Å². The van der Waals surface area contributed by atoms with Crippen molar-refractivity contribution in [1.29, 1.82) is 0 Å². The largest absolute Gasteiger partial charge is 0.303 e. The van der Waals surface area contributed by atoms with Crippen molar-refractivity contribution < 1.29 is 4.39 Å². The summed E-state index contributed by atoms with van der Waals surface area (Å²) in [5.41, 5.74) is 1.77. The van der Waals surface area contributed by atoms with Crippen molar-refractivity contribution in [2.24, 2.45) is 0 Å². The van der Waals surface area contributed by atoms with E-state index in [1.165, 1.54) is 6.07 Å². The molecular formula is C14H17FN2S. The van der Waals surface area contributed by atoms with Crippen LogP contribution in [0.5, 0.6) is 0 Å². The molecule has 0 amide bonds. The van der Waals surface area contributed by atoms with E-state index >= 15 is 0 Å². The minimum absolute atomic E-state index is 0.0374. The smallest absolute Gasteiger partial charge is 0.127 e. The zero-order chi connectivity index (χ0) is 13.0. The molecule has 0 fully saturated rings. The molecule has 1 aromatic carbocycles. The second kappa shape index (κ2) is 6.07. The molecular weight excluding hydrogens is 247 g/mol. The Morgan fingerprint density at radius 3 is 2.78 bits per heavy atom. The van der Waals surface area contributed by atoms with E-state index in [4.69, 9.17) is 0 Å². The van der Waals surface area contributed by atoms with Crippen LogP contribution >= 0.6 is 11.3 Å². The standard InChI is InChI=1S/C14H17FN2S/c1-3-13(11-6-4-5-7-12(11)15)16-8-14-17-10(2)9-18-14/h4-7,9,13,16H,3,8H2,1-2H3. The third-order valence-corrected chi connectivity index (χ3v) is 3.82. The molecule has 18 heavy (non-hydrogen) atoms. The van der Waals surface area contributed by atoms with E-state index < -0.39 is 0 Å². The Morgan fingerprint density at radius 1 is 1.39 bits per heavy atom. The topological polar surface area (TPSA) is 24.9 Å². The minimum Gasteiger partial charge on any atom is -0.303 e. The minimum atomic E-state index is -0.146. The monoisotopic (exact) mass is 264 g/mol. The first-order chi connectivity index (χ1) is 8.70. The number of nitrogens with zero attached hydrogens (tertiary/aromatic N) is 1.